The number of nitrogens with zero attached hydrogens (tertiary/aromatic N) is 4. The lowest BCUT2D eigenvalue weighted by Gasteiger charge is -2.12. The number of ether oxygens (including phenoxy) is 2. The summed E-state index contributed by atoms with van der Waals surface area (Å²) in [4.78, 5) is 32.9. The molecule has 0 radical (unpaired) electrons. The monoisotopic (exact) mass is 461 g/mol. The first-order chi connectivity index (χ1) is 16.4. The first kappa shape index (κ1) is 22.7. The maximum atomic E-state index is 12.6. The van der Waals surface area contributed by atoms with Crippen molar-refractivity contribution in [3.63, 3.8) is 0 Å². The van der Waals surface area contributed by atoms with Crippen LogP contribution in [0, 0.1) is 20.8 Å². The number of nitrogens with one attached hydrogen (secondary N) is 1. The van der Waals surface area contributed by atoms with Crippen LogP contribution in [0.15, 0.2) is 46.9 Å². The number of carbonyl (C=O) groups is 2. The van der Waals surface area contributed by atoms with Gasteiger partial charge in [-0.05, 0) is 51.1 Å². The molecule has 1 N–H and O–H groups in total. The maximum Gasteiger partial charge on any atom is 0.263 e. The lowest BCUT2D eigenvalue weighted by Crippen LogP contribution is -2.21. The number of anilines is 1. The predicted molar refractivity (Wildman–Crippen MR) is 124 cm³/mol. The van der Waals surface area contributed by atoms with Crippen LogP contribution in [0.2, 0.25) is 0 Å². The molecule has 0 spiro atoms. The summed E-state index contributed by atoms with van der Waals surface area (Å²) in [5.74, 6) is 2.45. The number of furan rings is 1. The molecule has 10 nitrogen and oxygen atoms in total. The molecule has 0 unspecified atom stereocenters. The van der Waals surface area contributed by atoms with Crippen LogP contribution in [-0.4, -0.2) is 45.7 Å². The first-order valence-corrected chi connectivity index (χ1v) is 10.4. The van der Waals surface area contributed by atoms with E-state index >= 15 is 0 Å². The molecular formula is C24H23N5O5. The minimum atomic E-state index is -0.473. The molecule has 3 heterocycles. The molecule has 4 rings (SSSR count). The minimum Gasteiger partial charge on any atom is -0.497 e. The zero-order chi connectivity index (χ0) is 24.2. The number of carbonyl (C=O) groups excluding carboxylic acids is 2. The maximum absolute atomic E-state index is 12.6. The van der Waals surface area contributed by atoms with Gasteiger partial charge in [0.1, 0.15) is 23.1 Å². The summed E-state index contributed by atoms with van der Waals surface area (Å²) in [5.41, 5.74) is 2.01. The van der Waals surface area contributed by atoms with Gasteiger partial charge >= 0.3 is 0 Å². The highest BCUT2D eigenvalue weighted by Gasteiger charge is 2.16. The van der Waals surface area contributed by atoms with Crippen molar-refractivity contribution in [1.82, 2.24) is 19.7 Å². The number of benzene rings is 1. The van der Waals surface area contributed by atoms with E-state index in [4.69, 9.17) is 13.9 Å². The third kappa shape index (κ3) is 4.96. The number of aldehydes is 1. The number of aryl methyl sites for hydroxylation is 3. The van der Waals surface area contributed by atoms with Gasteiger partial charge in [0, 0.05) is 17.8 Å². The van der Waals surface area contributed by atoms with Gasteiger partial charge in [-0.25, -0.2) is 14.6 Å². The van der Waals surface area contributed by atoms with Crippen LogP contribution in [0.4, 0.5) is 5.82 Å². The summed E-state index contributed by atoms with van der Waals surface area (Å²) in [6.07, 6.45) is 0.648. The molecule has 0 fully saturated rings. The highest BCUT2D eigenvalue weighted by atomic mass is 16.5. The zero-order valence-electron chi connectivity index (χ0n) is 19.2. The van der Waals surface area contributed by atoms with Crippen molar-refractivity contribution in [1.29, 1.82) is 0 Å². The van der Waals surface area contributed by atoms with Gasteiger partial charge in [0.2, 0.25) is 0 Å². The van der Waals surface area contributed by atoms with E-state index in [0.717, 1.165) is 11.4 Å². The van der Waals surface area contributed by atoms with Crippen molar-refractivity contribution < 1.29 is 23.5 Å². The first-order valence-electron chi connectivity index (χ1n) is 10.4. The molecule has 4 aromatic rings. The Labute approximate surface area is 195 Å². The average Bonchev–Trinajstić information content (AvgIpc) is 3.41. The van der Waals surface area contributed by atoms with E-state index in [1.165, 1.54) is 7.11 Å². The van der Waals surface area contributed by atoms with Crippen LogP contribution in [-0.2, 0) is 4.79 Å². The third-order valence-electron chi connectivity index (χ3n) is 4.87. The fourth-order valence-electron chi connectivity index (χ4n) is 3.32. The fraction of sp³-hybridized carbons (Fsp3) is 0.208. The molecule has 174 valence electrons. The summed E-state index contributed by atoms with van der Waals surface area (Å²) in [6, 6.07) is 11.8. The summed E-state index contributed by atoms with van der Waals surface area (Å²) >= 11 is 0. The van der Waals surface area contributed by atoms with Crippen LogP contribution in [0.3, 0.4) is 0 Å². The number of hydrogen-bond acceptors (Lipinski definition) is 8. The van der Waals surface area contributed by atoms with Crippen molar-refractivity contribution in [2.45, 2.75) is 20.8 Å². The molecular weight excluding hydrogens is 438 g/mol. The second-order valence-electron chi connectivity index (χ2n) is 7.54. The Morgan fingerprint density at radius 1 is 1.12 bits per heavy atom. The quantitative estimate of drug-likeness (QED) is 0.394. The van der Waals surface area contributed by atoms with Crippen molar-refractivity contribution in [2.24, 2.45) is 0 Å². The summed E-state index contributed by atoms with van der Waals surface area (Å²) in [5, 5.41) is 7.18. The van der Waals surface area contributed by atoms with Crippen LogP contribution in [0.25, 0.3) is 17.4 Å². The topological polar surface area (TPSA) is 121 Å². The molecule has 0 aliphatic rings. The standard InChI is InChI=1S/C24H23N5O5/c1-14-9-15(2)29(28-14)22-11-21(26-24(27-22)19-8-5-16(3)34-19)25-23(31)13-33-20-10-18(32-4)7-6-17(20)12-30/h5-12H,13H2,1-4H3,(H,25,26,27,31). The molecule has 0 atom stereocenters. The molecule has 34 heavy (non-hydrogen) atoms. The predicted octanol–water partition coefficient (Wildman–Crippen LogP) is 3.69. The van der Waals surface area contributed by atoms with Gasteiger partial charge in [0.15, 0.2) is 30.3 Å². The van der Waals surface area contributed by atoms with Crippen molar-refractivity contribution in [2.75, 3.05) is 19.0 Å². The van der Waals surface area contributed by atoms with Gasteiger partial charge in [-0.3, -0.25) is 9.59 Å². The molecule has 3 aromatic heterocycles. The highest BCUT2D eigenvalue weighted by Crippen LogP contribution is 2.25. The van der Waals surface area contributed by atoms with Crippen molar-refractivity contribution >= 4 is 18.0 Å². The highest BCUT2D eigenvalue weighted by molar-refractivity contribution is 5.91. The molecule has 0 saturated carbocycles. The van der Waals surface area contributed by atoms with Gasteiger partial charge in [0.05, 0.1) is 18.4 Å². The van der Waals surface area contributed by atoms with Crippen LogP contribution in [0.1, 0.15) is 27.5 Å². The van der Waals surface area contributed by atoms with Crippen LogP contribution < -0.4 is 14.8 Å². The number of methoxy groups -OCH3 is 1. The summed E-state index contributed by atoms with van der Waals surface area (Å²) in [7, 11) is 1.50. The lowest BCUT2D eigenvalue weighted by molar-refractivity contribution is -0.118. The largest absolute Gasteiger partial charge is 0.497 e. The zero-order valence-corrected chi connectivity index (χ0v) is 19.2. The molecule has 1 amide bonds. The van der Waals surface area contributed by atoms with Crippen LogP contribution >= 0.6 is 0 Å². The summed E-state index contributed by atoms with van der Waals surface area (Å²) in [6.45, 7) is 5.26. The lowest BCUT2D eigenvalue weighted by atomic mass is 10.2. The Morgan fingerprint density at radius 2 is 1.94 bits per heavy atom. The smallest absolute Gasteiger partial charge is 0.263 e. The Kier molecular flexibility index (Phi) is 6.39. The third-order valence-corrected chi connectivity index (χ3v) is 4.87. The normalized spacial score (nSPS) is 10.7. The van der Waals surface area contributed by atoms with E-state index in [1.54, 1.807) is 41.1 Å². The molecule has 0 aliphatic carbocycles. The van der Waals surface area contributed by atoms with E-state index in [2.05, 4.69) is 20.4 Å². The number of rotatable bonds is 8. The number of aromatic nitrogens is 4. The van der Waals surface area contributed by atoms with Gasteiger partial charge < -0.3 is 19.2 Å². The van der Waals surface area contributed by atoms with Gasteiger partial charge in [-0.2, -0.15) is 5.10 Å². The molecule has 1 aromatic carbocycles. The van der Waals surface area contributed by atoms with Gasteiger partial charge in [0.25, 0.3) is 5.91 Å². The van der Waals surface area contributed by atoms with Crippen molar-refractivity contribution in [3.8, 4) is 28.9 Å². The van der Waals surface area contributed by atoms with E-state index < -0.39 is 5.91 Å². The Balaban J connectivity index is 1.59. The fourth-order valence-corrected chi connectivity index (χ4v) is 3.32. The number of hydrogen-bond donors (Lipinski definition) is 1. The minimum absolute atomic E-state index is 0.238. The van der Waals surface area contributed by atoms with Gasteiger partial charge in [-0.15, -0.1) is 0 Å². The van der Waals surface area contributed by atoms with E-state index in [1.807, 2.05) is 26.8 Å². The average molecular weight is 461 g/mol. The number of amides is 1. The molecule has 0 bridgehead atoms. The Morgan fingerprint density at radius 3 is 2.59 bits per heavy atom. The summed E-state index contributed by atoms with van der Waals surface area (Å²) < 4.78 is 18.0. The van der Waals surface area contributed by atoms with E-state index in [-0.39, 0.29) is 18.2 Å². The van der Waals surface area contributed by atoms with E-state index in [9.17, 15) is 9.59 Å². The van der Waals surface area contributed by atoms with Crippen molar-refractivity contribution in [3.05, 3.63) is 65.2 Å². The molecule has 0 saturated heterocycles. The molecule has 10 heteroatoms. The Bertz CT molecular complexity index is 1360. The van der Waals surface area contributed by atoms with Crippen LogP contribution in [0.5, 0.6) is 11.5 Å². The second-order valence-corrected chi connectivity index (χ2v) is 7.54. The second kappa shape index (κ2) is 9.57. The molecule has 0 aliphatic heterocycles. The SMILES string of the molecule is COc1ccc(C=O)c(OCC(=O)Nc2cc(-n3nc(C)cc3C)nc(-c3ccc(C)o3)n2)c1. The van der Waals surface area contributed by atoms with E-state index in [0.29, 0.717) is 40.8 Å². The van der Waals surface area contributed by atoms with Gasteiger partial charge in [-0.1, -0.05) is 0 Å². The Hall–Kier alpha value is -4.47.